The van der Waals surface area contributed by atoms with Crippen molar-refractivity contribution in [2.24, 2.45) is 17.8 Å². The van der Waals surface area contributed by atoms with Crippen LogP contribution in [0.5, 0.6) is 0 Å². The molecular formula is C25H30O2. The molecule has 2 heteroatoms. The standard InChI is InChI=1S/C25H30O2/c1-17(2)13-21(14-18(3)4)25(26)27-16-24-22-11-7-5-9-19(22)15-20-10-6-8-12-23(20)24/h5-12,15,17-18,21H,13-14,16H2,1-4H3. The van der Waals surface area contributed by atoms with E-state index in [9.17, 15) is 4.79 Å². The Kier molecular flexibility index (Phi) is 6.15. The summed E-state index contributed by atoms with van der Waals surface area (Å²) in [6.45, 7) is 8.99. The lowest BCUT2D eigenvalue weighted by Gasteiger charge is -2.20. The first-order valence-corrected chi connectivity index (χ1v) is 10.0. The van der Waals surface area contributed by atoms with Crippen LogP contribution in [0, 0.1) is 17.8 Å². The van der Waals surface area contributed by atoms with Crippen LogP contribution in [0.3, 0.4) is 0 Å². The van der Waals surface area contributed by atoms with Crippen LogP contribution in [0.4, 0.5) is 0 Å². The molecule has 0 heterocycles. The third kappa shape index (κ3) is 4.68. The second-order valence-corrected chi connectivity index (χ2v) is 8.36. The van der Waals surface area contributed by atoms with Gasteiger partial charge in [-0.15, -0.1) is 0 Å². The average molecular weight is 363 g/mol. The fourth-order valence-corrected chi connectivity index (χ4v) is 3.95. The first-order chi connectivity index (χ1) is 13.0. The fourth-order valence-electron chi connectivity index (χ4n) is 3.95. The van der Waals surface area contributed by atoms with E-state index in [0.717, 1.165) is 29.2 Å². The topological polar surface area (TPSA) is 26.3 Å². The maximum atomic E-state index is 12.8. The molecule has 0 amide bonds. The molecule has 3 aromatic carbocycles. The number of ether oxygens (including phenoxy) is 1. The molecule has 142 valence electrons. The molecule has 0 aliphatic rings. The van der Waals surface area contributed by atoms with Gasteiger partial charge in [-0.1, -0.05) is 76.2 Å². The summed E-state index contributed by atoms with van der Waals surface area (Å²) in [7, 11) is 0. The van der Waals surface area contributed by atoms with Crippen LogP contribution in [-0.4, -0.2) is 5.97 Å². The Morgan fingerprint density at radius 1 is 0.815 bits per heavy atom. The fraction of sp³-hybridized carbons (Fsp3) is 0.400. The van der Waals surface area contributed by atoms with Gasteiger partial charge in [-0.3, -0.25) is 4.79 Å². The first-order valence-electron chi connectivity index (χ1n) is 10.0. The summed E-state index contributed by atoms with van der Waals surface area (Å²) < 4.78 is 5.87. The summed E-state index contributed by atoms with van der Waals surface area (Å²) in [5.41, 5.74) is 1.10. The number of carbonyl (C=O) groups is 1. The van der Waals surface area contributed by atoms with Crippen LogP contribution in [0.2, 0.25) is 0 Å². The van der Waals surface area contributed by atoms with Crippen LogP contribution >= 0.6 is 0 Å². The molecule has 3 aromatic rings. The molecule has 0 aliphatic carbocycles. The van der Waals surface area contributed by atoms with Gasteiger partial charge < -0.3 is 4.74 Å². The molecule has 0 spiro atoms. The van der Waals surface area contributed by atoms with Gasteiger partial charge in [0.15, 0.2) is 0 Å². The summed E-state index contributed by atoms with van der Waals surface area (Å²) in [5, 5.41) is 4.69. The molecule has 2 nitrogen and oxygen atoms in total. The Labute approximate surface area is 162 Å². The van der Waals surface area contributed by atoms with Crippen molar-refractivity contribution in [1.82, 2.24) is 0 Å². The zero-order valence-electron chi connectivity index (χ0n) is 16.9. The van der Waals surface area contributed by atoms with Crippen molar-refractivity contribution in [3.05, 3.63) is 60.2 Å². The van der Waals surface area contributed by atoms with Crippen LogP contribution in [-0.2, 0) is 16.1 Å². The Bertz CT molecular complexity index is 860. The van der Waals surface area contributed by atoms with Gasteiger partial charge in [-0.05, 0) is 52.3 Å². The zero-order chi connectivity index (χ0) is 19.4. The van der Waals surface area contributed by atoms with Crippen LogP contribution in [0.1, 0.15) is 46.1 Å². The third-order valence-corrected chi connectivity index (χ3v) is 5.09. The average Bonchev–Trinajstić information content (AvgIpc) is 2.63. The maximum Gasteiger partial charge on any atom is 0.309 e. The highest BCUT2D eigenvalue weighted by Crippen LogP contribution is 2.30. The van der Waals surface area contributed by atoms with E-state index in [4.69, 9.17) is 4.74 Å². The quantitative estimate of drug-likeness (QED) is 0.343. The van der Waals surface area contributed by atoms with Gasteiger partial charge in [-0.2, -0.15) is 0 Å². The predicted molar refractivity (Wildman–Crippen MR) is 114 cm³/mol. The van der Waals surface area contributed by atoms with Crippen molar-refractivity contribution in [2.75, 3.05) is 0 Å². The SMILES string of the molecule is CC(C)CC(CC(C)C)C(=O)OCc1c2ccccc2cc2ccccc12. The normalized spacial score (nSPS) is 11.8. The monoisotopic (exact) mass is 362 g/mol. The highest BCUT2D eigenvalue weighted by Gasteiger charge is 2.23. The van der Waals surface area contributed by atoms with Crippen molar-refractivity contribution >= 4 is 27.5 Å². The number of hydrogen-bond acceptors (Lipinski definition) is 2. The molecule has 0 unspecified atom stereocenters. The minimum atomic E-state index is -0.0607. The number of carbonyl (C=O) groups excluding carboxylic acids is 1. The predicted octanol–water partition coefficient (Wildman–Crippen LogP) is 6.74. The summed E-state index contributed by atoms with van der Waals surface area (Å²) >= 11 is 0. The largest absolute Gasteiger partial charge is 0.461 e. The Balaban J connectivity index is 1.89. The van der Waals surface area contributed by atoms with Crippen molar-refractivity contribution < 1.29 is 9.53 Å². The van der Waals surface area contributed by atoms with Gasteiger partial charge in [-0.25, -0.2) is 0 Å². The lowest BCUT2D eigenvalue weighted by Crippen LogP contribution is -2.21. The summed E-state index contributed by atoms with van der Waals surface area (Å²) in [5.74, 6) is 0.889. The molecule has 3 rings (SSSR count). The minimum Gasteiger partial charge on any atom is -0.461 e. The van der Waals surface area contributed by atoms with E-state index >= 15 is 0 Å². The molecule has 0 atom stereocenters. The van der Waals surface area contributed by atoms with Gasteiger partial charge in [0.2, 0.25) is 0 Å². The van der Waals surface area contributed by atoms with Gasteiger partial charge in [0, 0.05) is 5.56 Å². The van der Waals surface area contributed by atoms with Crippen LogP contribution in [0.25, 0.3) is 21.5 Å². The minimum absolute atomic E-state index is 0.0220. The van der Waals surface area contributed by atoms with Crippen LogP contribution < -0.4 is 0 Å². The molecule has 0 saturated carbocycles. The third-order valence-electron chi connectivity index (χ3n) is 5.09. The van der Waals surface area contributed by atoms with Gasteiger partial charge in [0.05, 0.1) is 5.92 Å². The lowest BCUT2D eigenvalue weighted by atomic mass is 9.89. The van der Waals surface area contributed by atoms with Gasteiger partial charge in [0.1, 0.15) is 6.61 Å². The van der Waals surface area contributed by atoms with Gasteiger partial charge in [0.25, 0.3) is 0 Å². The summed E-state index contributed by atoms with van der Waals surface area (Å²) in [6, 6.07) is 18.9. The van der Waals surface area contributed by atoms with E-state index in [-0.39, 0.29) is 11.9 Å². The molecule has 27 heavy (non-hydrogen) atoms. The van der Waals surface area contributed by atoms with E-state index in [1.165, 1.54) is 10.8 Å². The molecule has 0 bridgehead atoms. The first kappa shape index (κ1) is 19.4. The Hall–Kier alpha value is -2.35. The highest BCUT2D eigenvalue weighted by molar-refractivity contribution is 6.02. The number of hydrogen-bond donors (Lipinski definition) is 0. The maximum absolute atomic E-state index is 12.8. The molecule has 0 aliphatic heterocycles. The smallest absolute Gasteiger partial charge is 0.309 e. The number of rotatable bonds is 7. The van der Waals surface area contributed by atoms with Crippen LogP contribution in [0.15, 0.2) is 54.6 Å². The van der Waals surface area contributed by atoms with E-state index in [1.807, 2.05) is 24.3 Å². The van der Waals surface area contributed by atoms with Gasteiger partial charge >= 0.3 is 5.97 Å². The number of esters is 1. The van der Waals surface area contributed by atoms with Crippen molar-refractivity contribution in [3.8, 4) is 0 Å². The number of benzene rings is 3. The van der Waals surface area contributed by atoms with Crippen molar-refractivity contribution in [2.45, 2.75) is 47.1 Å². The lowest BCUT2D eigenvalue weighted by molar-refractivity contribution is -0.151. The van der Waals surface area contributed by atoms with E-state index in [0.29, 0.717) is 18.4 Å². The van der Waals surface area contributed by atoms with Crippen molar-refractivity contribution in [1.29, 1.82) is 0 Å². The Morgan fingerprint density at radius 2 is 1.30 bits per heavy atom. The molecule has 0 N–H and O–H groups in total. The zero-order valence-corrected chi connectivity index (χ0v) is 16.9. The molecule has 0 aromatic heterocycles. The highest BCUT2D eigenvalue weighted by atomic mass is 16.5. The molecule has 0 saturated heterocycles. The summed E-state index contributed by atoms with van der Waals surface area (Å²) in [4.78, 5) is 12.8. The number of fused-ring (bicyclic) bond motifs is 2. The second-order valence-electron chi connectivity index (χ2n) is 8.36. The molecular weight excluding hydrogens is 332 g/mol. The molecule has 0 radical (unpaired) electrons. The Morgan fingerprint density at radius 3 is 1.78 bits per heavy atom. The van der Waals surface area contributed by atoms with E-state index in [1.54, 1.807) is 0 Å². The second kappa shape index (κ2) is 8.56. The van der Waals surface area contributed by atoms with Crippen molar-refractivity contribution in [3.63, 3.8) is 0 Å². The summed E-state index contributed by atoms with van der Waals surface area (Å²) in [6.07, 6.45) is 1.76. The van der Waals surface area contributed by atoms with E-state index < -0.39 is 0 Å². The van der Waals surface area contributed by atoms with E-state index in [2.05, 4.69) is 58.0 Å². The molecule has 0 fully saturated rings.